The number of methoxy groups -OCH3 is 1. The number of piperidine rings is 1. The smallest absolute Gasteiger partial charge is 0.310 e. The topological polar surface area (TPSA) is 42.4 Å². The number of nitrogens with zero attached hydrogens (tertiary/aromatic N) is 2. The number of pyridine rings is 1. The van der Waals surface area contributed by atoms with E-state index in [0.717, 1.165) is 24.8 Å². The minimum absolute atomic E-state index is 0.0734. The average Bonchev–Trinajstić information content (AvgIpc) is 2.70. The molecule has 5 heteroatoms. The molecule has 2 aliphatic heterocycles. The second-order valence-electron chi connectivity index (χ2n) is 5.77. The van der Waals surface area contributed by atoms with Gasteiger partial charge in [-0.3, -0.25) is 9.69 Å². The number of carbonyl (C=O) groups is 1. The molecule has 3 rings (SSSR count). The molecule has 0 amide bonds. The number of carbonyl (C=O) groups excluding carboxylic acids is 1. The molecule has 0 aromatic carbocycles. The number of esters is 1. The van der Waals surface area contributed by atoms with Crippen molar-refractivity contribution in [3.63, 3.8) is 0 Å². The van der Waals surface area contributed by atoms with Gasteiger partial charge >= 0.3 is 5.97 Å². The highest BCUT2D eigenvalue weighted by molar-refractivity contribution is 5.75. The molecule has 1 aromatic rings. The fraction of sp³-hybridized carbons (Fsp3) is 0.600. The molecule has 4 atom stereocenters. The van der Waals surface area contributed by atoms with E-state index in [0.29, 0.717) is 6.04 Å². The van der Waals surface area contributed by atoms with E-state index in [9.17, 15) is 9.18 Å². The van der Waals surface area contributed by atoms with Gasteiger partial charge in [0.2, 0.25) is 5.95 Å². The Bertz CT molecular complexity index is 505. The first-order valence-corrected chi connectivity index (χ1v) is 7.03. The lowest BCUT2D eigenvalue weighted by atomic mass is 9.76. The van der Waals surface area contributed by atoms with Crippen molar-refractivity contribution in [2.75, 3.05) is 14.2 Å². The zero-order valence-electron chi connectivity index (χ0n) is 11.8. The lowest BCUT2D eigenvalue weighted by Crippen LogP contribution is -2.49. The van der Waals surface area contributed by atoms with Gasteiger partial charge in [-0.15, -0.1) is 0 Å². The van der Waals surface area contributed by atoms with Crippen LogP contribution in [-0.2, 0) is 9.53 Å². The maximum Gasteiger partial charge on any atom is 0.310 e. The summed E-state index contributed by atoms with van der Waals surface area (Å²) in [6.45, 7) is 0. The molecular weight excluding hydrogens is 259 g/mol. The van der Waals surface area contributed by atoms with Gasteiger partial charge in [0.15, 0.2) is 0 Å². The summed E-state index contributed by atoms with van der Waals surface area (Å²) in [7, 11) is 3.51. The Morgan fingerprint density at radius 3 is 2.90 bits per heavy atom. The van der Waals surface area contributed by atoms with Crippen molar-refractivity contribution >= 4 is 5.97 Å². The molecule has 0 radical (unpaired) electrons. The number of hydrogen-bond donors (Lipinski definition) is 0. The zero-order valence-corrected chi connectivity index (χ0v) is 11.8. The average molecular weight is 278 g/mol. The third kappa shape index (κ3) is 2.10. The van der Waals surface area contributed by atoms with Gasteiger partial charge in [-0.25, -0.2) is 4.98 Å². The van der Waals surface area contributed by atoms with Gasteiger partial charge in [0, 0.05) is 24.2 Å². The van der Waals surface area contributed by atoms with Crippen molar-refractivity contribution in [1.82, 2.24) is 9.88 Å². The van der Waals surface area contributed by atoms with Gasteiger partial charge in [-0.1, -0.05) is 6.07 Å². The highest BCUT2D eigenvalue weighted by atomic mass is 19.1. The monoisotopic (exact) mass is 278 g/mol. The maximum atomic E-state index is 13.0. The fourth-order valence-electron chi connectivity index (χ4n) is 3.87. The number of halogens is 1. The summed E-state index contributed by atoms with van der Waals surface area (Å²) in [5, 5.41) is 0. The Kier molecular flexibility index (Phi) is 3.46. The molecule has 20 heavy (non-hydrogen) atoms. The first-order valence-electron chi connectivity index (χ1n) is 7.03. The molecule has 1 aromatic heterocycles. The third-order valence-electron chi connectivity index (χ3n) is 4.92. The molecule has 0 N–H and O–H groups in total. The molecule has 0 aliphatic carbocycles. The first-order chi connectivity index (χ1) is 9.61. The van der Waals surface area contributed by atoms with Gasteiger partial charge in [0.25, 0.3) is 0 Å². The van der Waals surface area contributed by atoms with Crippen molar-refractivity contribution in [3.05, 3.63) is 29.8 Å². The summed E-state index contributed by atoms with van der Waals surface area (Å²) in [5.41, 5.74) is 0.937. The molecular formula is C15H19FN2O2. The van der Waals surface area contributed by atoms with Crippen LogP contribution >= 0.6 is 0 Å². The van der Waals surface area contributed by atoms with E-state index < -0.39 is 5.95 Å². The second kappa shape index (κ2) is 5.13. The molecule has 4 unspecified atom stereocenters. The van der Waals surface area contributed by atoms with Crippen LogP contribution in [0.25, 0.3) is 0 Å². The molecule has 2 fully saturated rings. The molecule has 2 aliphatic rings. The Morgan fingerprint density at radius 2 is 2.25 bits per heavy atom. The van der Waals surface area contributed by atoms with Crippen LogP contribution in [0, 0.1) is 11.9 Å². The molecule has 4 nitrogen and oxygen atoms in total. The van der Waals surface area contributed by atoms with Crippen LogP contribution in [0.3, 0.4) is 0 Å². The van der Waals surface area contributed by atoms with E-state index in [2.05, 4.69) is 16.9 Å². The van der Waals surface area contributed by atoms with Crippen LogP contribution in [0.2, 0.25) is 0 Å². The normalized spacial score (nSPS) is 33.1. The predicted molar refractivity (Wildman–Crippen MR) is 71.6 cm³/mol. The molecule has 2 saturated heterocycles. The number of fused-ring (bicyclic) bond motifs is 2. The van der Waals surface area contributed by atoms with Crippen LogP contribution in [0.1, 0.15) is 30.7 Å². The van der Waals surface area contributed by atoms with E-state index in [1.807, 2.05) is 0 Å². The van der Waals surface area contributed by atoms with Gasteiger partial charge in [-0.2, -0.15) is 4.39 Å². The fourth-order valence-corrected chi connectivity index (χ4v) is 3.87. The quantitative estimate of drug-likeness (QED) is 0.612. The molecule has 0 saturated carbocycles. The molecule has 3 heterocycles. The highest BCUT2D eigenvalue weighted by Crippen LogP contribution is 2.46. The summed E-state index contributed by atoms with van der Waals surface area (Å²) in [4.78, 5) is 18.2. The Morgan fingerprint density at radius 1 is 1.45 bits per heavy atom. The molecule has 108 valence electrons. The van der Waals surface area contributed by atoms with Crippen LogP contribution in [-0.4, -0.2) is 42.1 Å². The number of rotatable bonds is 2. The summed E-state index contributed by atoms with van der Waals surface area (Å²) in [6, 6.07) is 3.82. The van der Waals surface area contributed by atoms with Crippen molar-refractivity contribution in [1.29, 1.82) is 0 Å². The lowest BCUT2D eigenvalue weighted by Gasteiger charge is -2.41. The second-order valence-corrected chi connectivity index (χ2v) is 5.77. The Labute approximate surface area is 117 Å². The Hall–Kier alpha value is -1.49. The van der Waals surface area contributed by atoms with E-state index in [1.54, 1.807) is 12.3 Å². The largest absolute Gasteiger partial charge is 0.469 e. The minimum atomic E-state index is -0.487. The van der Waals surface area contributed by atoms with Crippen molar-refractivity contribution < 1.29 is 13.9 Å². The molecule has 0 spiro atoms. The van der Waals surface area contributed by atoms with Crippen molar-refractivity contribution in [3.8, 4) is 0 Å². The lowest BCUT2D eigenvalue weighted by molar-refractivity contribution is -0.150. The highest BCUT2D eigenvalue weighted by Gasteiger charge is 2.49. The van der Waals surface area contributed by atoms with Crippen LogP contribution in [0.15, 0.2) is 18.3 Å². The third-order valence-corrected chi connectivity index (χ3v) is 4.92. The van der Waals surface area contributed by atoms with Crippen molar-refractivity contribution in [2.24, 2.45) is 5.92 Å². The zero-order chi connectivity index (χ0) is 14.3. The van der Waals surface area contributed by atoms with Crippen LogP contribution < -0.4 is 0 Å². The SMILES string of the molecule is COC(=O)C1C(c2ccc(F)nc2)CC2CCC1N2C. The first kappa shape index (κ1) is 13.5. The maximum absolute atomic E-state index is 13.0. The number of ether oxygens (including phenoxy) is 1. The summed E-state index contributed by atoms with van der Waals surface area (Å²) in [6.07, 6.45) is 4.59. The van der Waals surface area contributed by atoms with Gasteiger partial charge in [-0.05, 0) is 37.9 Å². The van der Waals surface area contributed by atoms with Gasteiger partial charge < -0.3 is 4.74 Å². The Balaban J connectivity index is 1.95. The summed E-state index contributed by atoms with van der Waals surface area (Å²) in [5.74, 6) is -0.768. The summed E-state index contributed by atoms with van der Waals surface area (Å²) < 4.78 is 18.0. The molecule has 2 bridgehead atoms. The van der Waals surface area contributed by atoms with Gasteiger partial charge in [0.05, 0.1) is 13.0 Å². The van der Waals surface area contributed by atoms with Crippen molar-refractivity contribution in [2.45, 2.75) is 37.3 Å². The van der Waals surface area contributed by atoms with E-state index >= 15 is 0 Å². The van der Waals surface area contributed by atoms with Crippen LogP contribution in [0.5, 0.6) is 0 Å². The standard InChI is InChI=1S/C15H19FN2O2/c1-18-10-4-5-12(18)14(15(19)20-2)11(7-10)9-3-6-13(16)17-8-9/h3,6,8,10-12,14H,4-5,7H2,1-2H3. The van der Waals surface area contributed by atoms with E-state index in [4.69, 9.17) is 4.74 Å². The number of aromatic nitrogens is 1. The summed E-state index contributed by atoms with van der Waals surface area (Å²) >= 11 is 0. The van der Waals surface area contributed by atoms with E-state index in [-0.39, 0.29) is 23.8 Å². The number of hydrogen-bond acceptors (Lipinski definition) is 4. The van der Waals surface area contributed by atoms with Crippen LogP contribution in [0.4, 0.5) is 4.39 Å². The minimum Gasteiger partial charge on any atom is -0.469 e. The van der Waals surface area contributed by atoms with E-state index in [1.165, 1.54) is 13.2 Å². The van der Waals surface area contributed by atoms with Gasteiger partial charge in [0.1, 0.15) is 0 Å². The predicted octanol–water partition coefficient (Wildman–Crippen LogP) is 1.96.